The van der Waals surface area contributed by atoms with E-state index in [0.717, 1.165) is 16.9 Å². The minimum absolute atomic E-state index is 0.185. The summed E-state index contributed by atoms with van der Waals surface area (Å²) in [6, 6.07) is 10.1. The highest BCUT2D eigenvalue weighted by Gasteiger charge is 2.15. The molecule has 0 saturated heterocycles. The second-order valence-electron chi connectivity index (χ2n) is 4.47. The van der Waals surface area contributed by atoms with Crippen molar-refractivity contribution in [2.24, 2.45) is 0 Å². The van der Waals surface area contributed by atoms with Gasteiger partial charge in [0.25, 0.3) is 11.8 Å². The summed E-state index contributed by atoms with van der Waals surface area (Å²) >= 11 is 1.01. The summed E-state index contributed by atoms with van der Waals surface area (Å²) in [6.07, 6.45) is 0. The van der Waals surface area contributed by atoms with Gasteiger partial charge in [0, 0.05) is 5.69 Å². The van der Waals surface area contributed by atoms with Crippen LogP contribution in [0.15, 0.2) is 36.4 Å². The van der Waals surface area contributed by atoms with Gasteiger partial charge < -0.3 is 11.1 Å². The standard InChI is InChI=1S/C14H15N3O3S/c1-8(9-2-4-10(15)5-3-9)16-13(18)11-6-7-12(21-11)14(19)17-20/h2-8,20H,15H2,1H3,(H,16,18)(H,17,19). The summed E-state index contributed by atoms with van der Waals surface area (Å²) in [4.78, 5) is 24.0. The monoisotopic (exact) mass is 305 g/mol. The van der Waals surface area contributed by atoms with E-state index in [2.05, 4.69) is 5.32 Å². The van der Waals surface area contributed by atoms with Crippen LogP contribution in [0.1, 0.15) is 37.9 Å². The van der Waals surface area contributed by atoms with Crippen molar-refractivity contribution in [3.8, 4) is 0 Å². The highest BCUT2D eigenvalue weighted by Crippen LogP contribution is 2.19. The highest BCUT2D eigenvalue weighted by molar-refractivity contribution is 7.15. The number of carbonyl (C=O) groups is 2. The Bertz CT molecular complexity index is 652. The Morgan fingerprint density at radius 3 is 2.24 bits per heavy atom. The van der Waals surface area contributed by atoms with Gasteiger partial charge in [0.15, 0.2) is 0 Å². The fourth-order valence-corrected chi connectivity index (χ4v) is 2.57. The van der Waals surface area contributed by atoms with E-state index in [1.165, 1.54) is 11.5 Å². The van der Waals surface area contributed by atoms with Gasteiger partial charge in [0.05, 0.1) is 15.8 Å². The van der Waals surface area contributed by atoms with E-state index in [4.69, 9.17) is 10.9 Å². The molecule has 1 heterocycles. The van der Waals surface area contributed by atoms with E-state index < -0.39 is 5.91 Å². The number of hydrogen-bond donors (Lipinski definition) is 4. The van der Waals surface area contributed by atoms with Crippen LogP contribution in [0.2, 0.25) is 0 Å². The maximum absolute atomic E-state index is 12.1. The molecule has 2 amide bonds. The molecular weight excluding hydrogens is 290 g/mol. The number of anilines is 1. The number of nitrogens with two attached hydrogens (primary N) is 1. The lowest BCUT2D eigenvalue weighted by atomic mass is 10.1. The Hall–Kier alpha value is -2.38. The Morgan fingerprint density at radius 1 is 1.10 bits per heavy atom. The van der Waals surface area contributed by atoms with Crippen molar-refractivity contribution < 1.29 is 14.8 Å². The van der Waals surface area contributed by atoms with Crippen LogP contribution in [-0.4, -0.2) is 17.0 Å². The third-order valence-corrected chi connectivity index (χ3v) is 4.02. The van der Waals surface area contributed by atoms with Gasteiger partial charge in [0.2, 0.25) is 0 Å². The lowest BCUT2D eigenvalue weighted by molar-refractivity contribution is 0.0711. The van der Waals surface area contributed by atoms with Crippen molar-refractivity contribution in [1.82, 2.24) is 10.8 Å². The first-order valence-corrected chi connectivity index (χ1v) is 7.03. The number of nitrogens with one attached hydrogen (secondary N) is 2. The largest absolute Gasteiger partial charge is 0.399 e. The molecule has 1 unspecified atom stereocenters. The normalized spacial score (nSPS) is 11.7. The van der Waals surface area contributed by atoms with Gasteiger partial charge in [-0.05, 0) is 36.8 Å². The predicted octanol–water partition coefficient (Wildman–Crippen LogP) is 1.94. The Morgan fingerprint density at radius 2 is 1.67 bits per heavy atom. The molecule has 0 spiro atoms. The summed E-state index contributed by atoms with van der Waals surface area (Å²) in [7, 11) is 0. The molecule has 0 aliphatic rings. The Balaban J connectivity index is 2.05. The van der Waals surface area contributed by atoms with E-state index in [9.17, 15) is 9.59 Å². The number of carbonyl (C=O) groups excluding carboxylic acids is 2. The topological polar surface area (TPSA) is 104 Å². The Labute approximate surface area is 125 Å². The predicted molar refractivity (Wildman–Crippen MR) is 80.3 cm³/mol. The zero-order valence-corrected chi connectivity index (χ0v) is 12.1. The molecule has 2 rings (SSSR count). The van der Waals surface area contributed by atoms with Crippen molar-refractivity contribution in [3.63, 3.8) is 0 Å². The van der Waals surface area contributed by atoms with E-state index >= 15 is 0 Å². The van der Waals surface area contributed by atoms with Crippen molar-refractivity contribution in [3.05, 3.63) is 51.7 Å². The molecule has 110 valence electrons. The van der Waals surface area contributed by atoms with Crippen LogP contribution in [-0.2, 0) is 0 Å². The average Bonchev–Trinajstić information content (AvgIpc) is 2.97. The third kappa shape index (κ3) is 3.59. The molecule has 0 radical (unpaired) electrons. The van der Waals surface area contributed by atoms with Gasteiger partial charge >= 0.3 is 0 Å². The number of amides is 2. The van der Waals surface area contributed by atoms with Crippen LogP contribution in [0, 0.1) is 0 Å². The van der Waals surface area contributed by atoms with Crippen molar-refractivity contribution in [2.45, 2.75) is 13.0 Å². The zero-order chi connectivity index (χ0) is 15.4. The first kappa shape index (κ1) is 15.0. The smallest absolute Gasteiger partial charge is 0.284 e. The lowest BCUT2D eigenvalue weighted by Gasteiger charge is -2.13. The molecule has 7 heteroatoms. The van der Waals surface area contributed by atoms with Crippen molar-refractivity contribution in [1.29, 1.82) is 0 Å². The first-order valence-electron chi connectivity index (χ1n) is 6.22. The van der Waals surface area contributed by atoms with E-state index in [1.807, 2.05) is 19.1 Å². The van der Waals surface area contributed by atoms with Crippen LogP contribution in [0.4, 0.5) is 5.69 Å². The minimum Gasteiger partial charge on any atom is -0.399 e. The fourth-order valence-electron chi connectivity index (χ4n) is 1.77. The van der Waals surface area contributed by atoms with Gasteiger partial charge in [-0.1, -0.05) is 12.1 Å². The zero-order valence-electron chi connectivity index (χ0n) is 11.3. The third-order valence-electron chi connectivity index (χ3n) is 2.94. The summed E-state index contributed by atoms with van der Waals surface area (Å²) in [6.45, 7) is 1.86. The van der Waals surface area contributed by atoms with Crippen LogP contribution < -0.4 is 16.5 Å². The second kappa shape index (κ2) is 6.38. The SMILES string of the molecule is CC(NC(=O)c1ccc(C(=O)NO)s1)c1ccc(N)cc1. The van der Waals surface area contributed by atoms with E-state index in [1.54, 1.807) is 18.2 Å². The van der Waals surface area contributed by atoms with E-state index in [0.29, 0.717) is 10.6 Å². The summed E-state index contributed by atoms with van der Waals surface area (Å²) in [5.74, 6) is -0.910. The van der Waals surface area contributed by atoms with Gasteiger partial charge in [-0.2, -0.15) is 0 Å². The maximum Gasteiger partial charge on any atom is 0.284 e. The molecule has 0 saturated carbocycles. The Kier molecular flexibility index (Phi) is 4.56. The molecular formula is C14H15N3O3S. The molecule has 5 N–H and O–H groups in total. The number of nitrogen functional groups attached to an aromatic ring is 1. The van der Waals surface area contributed by atoms with Crippen LogP contribution in [0.3, 0.4) is 0 Å². The molecule has 21 heavy (non-hydrogen) atoms. The fraction of sp³-hybridized carbons (Fsp3) is 0.143. The molecule has 0 fully saturated rings. The van der Waals surface area contributed by atoms with Gasteiger partial charge in [-0.3, -0.25) is 14.8 Å². The quantitative estimate of drug-likeness (QED) is 0.393. The molecule has 0 bridgehead atoms. The number of rotatable bonds is 4. The summed E-state index contributed by atoms with van der Waals surface area (Å²) < 4.78 is 0. The number of hydrogen-bond acceptors (Lipinski definition) is 5. The maximum atomic E-state index is 12.1. The van der Waals surface area contributed by atoms with Gasteiger partial charge in [-0.25, -0.2) is 5.48 Å². The molecule has 2 aromatic rings. The minimum atomic E-state index is -0.634. The summed E-state index contributed by atoms with van der Waals surface area (Å²) in [5.41, 5.74) is 8.75. The first-order chi connectivity index (χ1) is 10.0. The molecule has 6 nitrogen and oxygen atoms in total. The molecule has 0 aliphatic heterocycles. The number of thiophene rings is 1. The average molecular weight is 305 g/mol. The molecule has 1 aromatic heterocycles. The molecule has 1 atom stereocenters. The van der Waals surface area contributed by atoms with E-state index in [-0.39, 0.29) is 16.8 Å². The van der Waals surface area contributed by atoms with Gasteiger partial charge in [-0.15, -0.1) is 11.3 Å². The molecule has 0 aliphatic carbocycles. The van der Waals surface area contributed by atoms with Crippen molar-refractivity contribution >= 4 is 28.8 Å². The number of benzene rings is 1. The second-order valence-corrected chi connectivity index (χ2v) is 5.55. The lowest BCUT2D eigenvalue weighted by Crippen LogP contribution is -2.25. The van der Waals surface area contributed by atoms with Gasteiger partial charge in [0.1, 0.15) is 0 Å². The van der Waals surface area contributed by atoms with Crippen LogP contribution in [0.5, 0.6) is 0 Å². The number of hydroxylamine groups is 1. The highest BCUT2D eigenvalue weighted by atomic mass is 32.1. The van der Waals surface area contributed by atoms with Crippen molar-refractivity contribution in [2.75, 3.05) is 5.73 Å². The van der Waals surface area contributed by atoms with Crippen LogP contribution >= 0.6 is 11.3 Å². The summed E-state index contributed by atoms with van der Waals surface area (Å²) in [5, 5.41) is 11.4. The molecule has 1 aromatic carbocycles. The van der Waals surface area contributed by atoms with Crippen LogP contribution in [0.25, 0.3) is 0 Å².